The quantitative estimate of drug-likeness (QED) is 0.206. The summed E-state index contributed by atoms with van der Waals surface area (Å²) in [5, 5.41) is 6.71. The van der Waals surface area contributed by atoms with Gasteiger partial charge in [0.15, 0.2) is 5.96 Å². The molecule has 0 radical (unpaired) electrons. The Morgan fingerprint density at radius 1 is 1.13 bits per heavy atom. The highest BCUT2D eigenvalue weighted by molar-refractivity contribution is 6.06. The van der Waals surface area contributed by atoms with Crippen LogP contribution in [0.3, 0.4) is 0 Å². The Morgan fingerprint density at radius 3 is 2.53 bits per heavy atom. The first-order valence-electron chi connectivity index (χ1n) is 11.9. The van der Waals surface area contributed by atoms with Crippen molar-refractivity contribution in [3.8, 4) is 0 Å². The summed E-state index contributed by atoms with van der Waals surface area (Å²) < 4.78 is 0. The first-order valence-corrected chi connectivity index (χ1v) is 11.9. The number of allylic oxidation sites excluding steroid dienone is 2. The van der Waals surface area contributed by atoms with Crippen LogP contribution in [0.15, 0.2) is 17.1 Å². The lowest BCUT2D eigenvalue weighted by Crippen LogP contribution is -2.43. The summed E-state index contributed by atoms with van der Waals surface area (Å²) in [6, 6.07) is 0. The number of hydrogen-bond acceptors (Lipinski definition) is 4. The van der Waals surface area contributed by atoms with Crippen molar-refractivity contribution in [3.63, 3.8) is 0 Å². The van der Waals surface area contributed by atoms with E-state index in [-0.39, 0.29) is 35.5 Å². The highest BCUT2D eigenvalue weighted by Crippen LogP contribution is 2.52. The smallest absolute Gasteiger partial charge is 0.233 e. The molecule has 2 heterocycles. The number of carbonyl (C=O) groups is 2. The Hall–Kier alpha value is -1.89. The lowest BCUT2D eigenvalue weighted by molar-refractivity contribution is -0.140. The fraction of sp³-hybridized carbons (Fsp3) is 0.783. The van der Waals surface area contributed by atoms with E-state index >= 15 is 0 Å². The van der Waals surface area contributed by atoms with Crippen LogP contribution in [0.5, 0.6) is 0 Å². The fourth-order valence-corrected chi connectivity index (χ4v) is 5.77. The van der Waals surface area contributed by atoms with Crippen LogP contribution in [0.2, 0.25) is 0 Å². The molecule has 1 saturated carbocycles. The Labute approximate surface area is 180 Å². The van der Waals surface area contributed by atoms with Crippen molar-refractivity contribution in [2.75, 3.05) is 45.8 Å². The van der Waals surface area contributed by atoms with Gasteiger partial charge in [-0.05, 0) is 56.9 Å². The van der Waals surface area contributed by atoms with Crippen molar-refractivity contribution >= 4 is 17.8 Å². The number of amides is 2. The van der Waals surface area contributed by atoms with E-state index in [1.54, 1.807) is 0 Å². The molecular formula is C23H37N5O2. The number of hydrogen-bond donors (Lipinski definition) is 2. The lowest BCUT2D eigenvalue weighted by Gasteiger charge is -2.30. The molecule has 7 heteroatoms. The Morgan fingerprint density at radius 2 is 1.87 bits per heavy atom. The van der Waals surface area contributed by atoms with E-state index in [9.17, 15) is 9.59 Å². The van der Waals surface area contributed by atoms with Crippen molar-refractivity contribution in [2.45, 2.75) is 39.5 Å². The summed E-state index contributed by atoms with van der Waals surface area (Å²) in [6.07, 6.45) is 8.62. The SMILES string of the molecule is CCNC(=NCCCN1C(=O)C2C3C=CC(C3)C2C1=O)NCCN1CCCC(C)C1. The van der Waals surface area contributed by atoms with Gasteiger partial charge >= 0.3 is 0 Å². The van der Waals surface area contributed by atoms with Gasteiger partial charge in [0.25, 0.3) is 0 Å². The Kier molecular flexibility index (Phi) is 6.76. The van der Waals surface area contributed by atoms with Crippen molar-refractivity contribution in [1.82, 2.24) is 20.4 Å². The zero-order valence-electron chi connectivity index (χ0n) is 18.5. The monoisotopic (exact) mass is 415 g/mol. The highest BCUT2D eigenvalue weighted by atomic mass is 16.2. The van der Waals surface area contributed by atoms with E-state index in [2.05, 4.69) is 46.5 Å². The molecule has 4 rings (SSSR count). The number of aliphatic imine (C=N–C) groups is 1. The number of likely N-dealkylation sites (tertiary alicyclic amines) is 2. The van der Waals surface area contributed by atoms with Crippen molar-refractivity contribution in [1.29, 1.82) is 0 Å². The highest BCUT2D eigenvalue weighted by Gasteiger charge is 2.58. The van der Waals surface area contributed by atoms with Crippen LogP contribution in [0.25, 0.3) is 0 Å². The molecule has 5 atom stereocenters. The predicted molar refractivity (Wildman–Crippen MR) is 118 cm³/mol. The van der Waals surface area contributed by atoms with E-state index in [1.165, 1.54) is 30.8 Å². The molecule has 2 N–H and O–H groups in total. The van der Waals surface area contributed by atoms with Gasteiger partial charge in [0, 0.05) is 39.3 Å². The van der Waals surface area contributed by atoms with E-state index in [1.807, 2.05) is 0 Å². The van der Waals surface area contributed by atoms with Crippen LogP contribution >= 0.6 is 0 Å². The molecule has 3 fully saturated rings. The van der Waals surface area contributed by atoms with Crippen LogP contribution in [0.1, 0.15) is 39.5 Å². The van der Waals surface area contributed by atoms with Crippen molar-refractivity contribution in [3.05, 3.63) is 12.2 Å². The minimum Gasteiger partial charge on any atom is -0.357 e. The first kappa shape index (κ1) is 21.3. The second-order valence-corrected chi connectivity index (χ2v) is 9.42. The molecule has 2 aliphatic heterocycles. The molecule has 4 aliphatic rings. The molecule has 2 aliphatic carbocycles. The van der Waals surface area contributed by atoms with Gasteiger partial charge in [-0.15, -0.1) is 0 Å². The van der Waals surface area contributed by atoms with Crippen LogP contribution in [-0.4, -0.2) is 73.4 Å². The second kappa shape index (κ2) is 9.50. The molecule has 2 saturated heterocycles. The Balaban J connectivity index is 1.20. The average Bonchev–Trinajstić information content (AvgIpc) is 3.40. The van der Waals surface area contributed by atoms with Crippen molar-refractivity contribution < 1.29 is 9.59 Å². The summed E-state index contributed by atoms with van der Waals surface area (Å²) >= 11 is 0. The first-order chi connectivity index (χ1) is 14.6. The predicted octanol–water partition coefficient (Wildman–Crippen LogP) is 1.47. The molecule has 0 aromatic heterocycles. The molecule has 166 valence electrons. The third-order valence-electron chi connectivity index (χ3n) is 7.18. The minimum absolute atomic E-state index is 0.0478. The van der Waals surface area contributed by atoms with E-state index in [0.717, 1.165) is 37.9 Å². The normalized spacial score (nSPS) is 33.5. The molecule has 0 aromatic rings. The van der Waals surface area contributed by atoms with E-state index < -0.39 is 0 Å². The number of piperidine rings is 1. The number of nitrogens with zero attached hydrogens (tertiary/aromatic N) is 3. The lowest BCUT2D eigenvalue weighted by atomic mass is 9.85. The maximum atomic E-state index is 12.7. The number of carbonyl (C=O) groups excluding carboxylic acids is 2. The third kappa shape index (κ3) is 4.41. The van der Waals surface area contributed by atoms with Gasteiger partial charge in [-0.25, -0.2) is 0 Å². The van der Waals surface area contributed by atoms with E-state index in [0.29, 0.717) is 19.5 Å². The molecule has 7 nitrogen and oxygen atoms in total. The standard InChI is InChI=1S/C23H37N5O2/c1-3-24-23(26-10-13-27-11-4-6-16(2)15-27)25-9-5-12-28-21(29)19-17-7-8-18(14-17)20(19)22(28)30/h7-8,16-20H,3-6,9-15H2,1-2H3,(H2,24,25,26). The number of nitrogens with one attached hydrogen (secondary N) is 2. The van der Waals surface area contributed by atoms with Crippen molar-refractivity contribution in [2.24, 2.45) is 34.6 Å². The van der Waals surface area contributed by atoms with Crippen LogP contribution in [-0.2, 0) is 9.59 Å². The van der Waals surface area contributed by atoms with Gasteiger partial charge < -0.3 is 15.5 Å². The summed E-state index contributed by atoms with van der Waals surface area (Å²) in [4.78, 5) is 34.2. The van der Waals surface area contributed by atoms with Gasteiger partial charge in [-0.2, -0.15) is 0 Å². The molecule has 30 heavy (non-hydrogen) atoms. The summed E-state index contributed by atoms with van der Waals surface area (Å²) in [5.74, 6) is 2.10. The zero-order chi connectivity index (χ0) is 21.1. The molecule has 5 unspecified atom stereocenters. The third-order valence-corrected chi connectivity index (χ3v) is 7.18. The summed E-state index contributed by atoms with van der Waals surface area (Å²) in [5.41, 5.74) is 0. The van der Waals surface area contributed by atoms with Gasteiger partial charge in [0.2, 0.25) is 11.8 Å². The molecule has 0 spiro atoms. The number of guanidine groups is 1. The van der Waals surface area contributed by atoms with Crippen LogP contribution in [0, 0.1) is 29.6 Å². The summed E-state index contributed by atoms with van der Waals surface area (Å²) in [7, 11) is 0. The zero-order valence-corrected chi connectivity index (χ0v) is 18.5. The maximum absolute atomic E-state index is 12.7. The molecule has 2 amide bonds. The average molecular weight is 416 g/mol. The Bertz CT molecular complexity index is 676. The topological polar surface area (TPSA) is 77.0 Å². The van der Waals surface area contributed by atoms with Gasteiger partial charge in [-0.3, -0.25) is 19.5 Å². The maximum Gasteiger partial charge on any atom is 0.233 e. The van der Waals surface area contributed by atoms with Gasteiger partial charge in [0.05, 0.1) is 11.8 Å². The second-order valence-electron chi connectivity index (χ2n) is 9.42. The molecular weight excluding hydrogens is 378 g/mol. The van der Waals surface area contributed by atoms with Crippen LogP contribution in [0.4, 0.5) is 0 Å². The molecule has 0 aromatic carbocycles. The van der Waals surface area contributed by atoms with Gasteiger partial charge in [0.1, 0.15) is 0 Å². The molecule has 2 bridgehead atoms. The fourth-order valence-electron chi connectivity index (χ4n) is 5.77. The number of imide groups is 1. The summed E-state index contributed by atoms with van der Waals surface area (Å²) in [6.45, 7) is 10.6. The largest absolute Gasteiger partial charge is 0.357 e. The van der Waals surface area contributed by atoms with E-state index in [4.69, 9.17) is 0 Å². The number of fused-ring (bicyclic) bond motifs is 5. The minimum atomic E-state index is -0.0903. The van der Waals surface area contributed by atoms with Crippen LogP contribution < -0.4 is 10.6 Å². The number of rotatable bonds is 8. The van der Waals surface area contributed by atoms with Gasteiger partial charge in [-0.1, -0.05) is 19.1 Å².